The van der Waals surface area contributed by atoms with Crippen LogP contribution in [-0.2, 0) is 4.79 Å². The lowest BCUT2D eigenvalue weighted by Gasteiger charge is -2.14. The average Bonchev–Trinajstić information content (AvgIpc) is 2.88. The van der Waals surface area contributed by atoms with Gasteiger partial charge < -0.3 is 9.47 Å². The molecule has 0 bridgehead atoms. The highest BCUT2D eigenvalue weighted by Crippen LogP contribution is 2.39. The molecule has 7 heteroatoms. The molecular formula is C18H14INO3S2. The highest BCUT2D eigenvalue weighted by Gasteiger charge is 2.33. The number of carbonyl (C=O) groups is 1. The zero-order valence-corrected chi connectivity index (χ0v) is 17.3. The van der Waals surface area contributed by atoms with Crippen LogP contribution in [0.2, 0.25) is 0 Å². The fourth-order valence-electron chi connectivity index (χ4n) is 2.47. The number of nitrogens with zero attached hydrogens (tertiary/aromatic N) is 1. The van der Waals surface area contributed by atoms with Crippen LogP contribution in [0.1, 0.15) is 5.56 Å². The highest BCUT2D eigenvalue weighted by molar-refractivity contribution is 14.1. The van der Waals surface area contributed by atoms with Crippen molar-refractivity contribution in [2.45, 2.75) is 0 Å². The van der Waals surface area contributed by atoms with Gasteiger partial charge in [-0.2, -0.15) is 0 Å². The Morgan fingerprint density at radius 1 is 1.16 bits per heavy atom. The lowest BCUT2D eigenvalue weighted by molar-refractivity contribution is -0.113. The number of thioether (sulfide) groups is 1. The summed E-state index contributed by atoms with van der Waals surface area (Å²) in [4.78, 5) is 14.9. The maximum Gasteiger partial charge on any atom is 0.270 e. The Bertz CT molecular complexity index is 868. The summed E-state index contributed by atoms with van der Waals surface area (Å²) in [5, 5.41) is 0. The number of benzene rings is 2. The van der Waals surface area contributed by atoms with E-state index in [0.717, 1.165) is 14.8 Å². The van der Waals surface area contributed by atoms with Gasteiger partial charge in [-0.25, -0.2) is 0 Å². The molecule has 2 aromatic rings. The summed E-state index contributed by atoms with van der Waals surface area (Å²) in [6, 6.07) is 13.2. The topological polar surface area (TPSA) is 38.8 Å². The average molecular weight is 483 g/mol. The minimum atomic E-state index is -0.138. The standard InChI is InChI=1S/C18H14INO3S2/c1-22-14-10-12(19)8-11(16(14)23-2)9-15-17(21)20(18(24)25-15)13-6-4-3-5-7-13/h3-10H,1-2H3/b15-9+. The largest absolute Gasteiger partial charge is 0.493 e. The Balaban J connectivity index is 2.02. The Morgan fingerprint density at radius 2 is 1.88 bits per heavy atom. The predicted molar refractivity (Wildman–Crippen MR) is 114 cm³/mol. The molecule has 1 aliphatic heterocycles. The molecule has 25 heavy (non-hydrogen) atoms. The number of hydrogen-bond acceptors (Lipinski definition) is 5. The van der Waals surface area contributed by atoms with Gasteiger partial charge in [0.25, 0.3) is 5.91 Å². The van der Waals surface area contributed by atoms with Gasteiger partial charge >= 0.3 is 0 Å². The van der Waals surface area contributed by atoms with Crippen molar-refractivity contribution >= 4 is 68.6 Å². The molecule has 3 rings (SSSR count). The Hall–Kier alpha value is -1.58. The lowest BCUT2D eigenvalue weighted by Crippen LogP contribution is -2.27. The normalized spacial score (nSPS) is 15.8. The van der Waals surface area contributed by atoms with Gasteiger partial charge in [-0.3, -0.25) is 9.69 Å². The number of thiocarbonyl (C=S) groups is 1. The van der Waals surface area contributed by atoms with Crippen molar-refractivity contribution in [1.29, 1.82) is 0 Å². The second-order valence-electron chi connectivity index (χ2n) is 5.08. The van der Waals surface area contributed by atoms with E-state index in [9.17, 15) is 4.79 Å². The van der Waals surface area contributed by atoms with Gasteiger partial charge in [0.15, 0.2) is 15.8 Å². The third-order valence-corrected chi connectivity index (χ3v) is 5.49. The van der Waals surface area contributed by atoms with Crippen LogP contribution in [0.5, 0.6) is 11.5 Å². The first kappa shape index (κ1) is 18.2. The van der Waals surface area contributed by atoms with E-state index < -0.39 is 0 Å². The van der Waals surface area contributed by atoms with E-state index >= 15 is 0 Å². The molecule has 0 saturated carbocycles. The van der Waals surface area contributed by atoms with Gasteiger partial charge in [0.1, 0.15) is 0 Å². The minimum Gasteiger partial charge on any atom is -0.493 e. The SMILES string of the molecule is COc1cc(I)cc(/C=C2/SC(=S)N(c3ccccc3)C2=O)c1OC. The summed E-state index contributed by atoms with van der Waals surface area (Å²) in [5.74, 6) is 1.08. The van der Waals surface area contributed by atoms with Crippen LogP contribution in [0.4, 0.5) is 5.69 Å². The van der Waals surface area contributed by atoms with Crippen molar-refractivity contribution < 1.29 is 14.3 Å². The quantitative estimate of drug-likeness (QED) is 0.358. The van der Waals surface area contributed by atoms with Crippen LogP contribution in [-0.4, -0.2) is 24.4 Å². The molecule has 0 radical (unpaired) electrons. The van der Waals surface area contributed by atoms with E-state index in [0.29, 0.717) is 20.7 Å². The molecule has 0 unspecified atom stereocenters. The van der Waals surface area contributed by atoms with Crippen LogP contribution >= 0.6 is 46.6 Å². The second kappa shape index (κ2) is 7.76. The molecule has 2 aromatic carbocycles. The van der Waals surface area contributed by atoms with Crippen molar-refractivity contribution in [2.24, 2.45) is 0 Å². The third-order valence-electron chi connectivity index (χ3n) is 3.57. The number of anilines is 1. The summed E-state index contributed by atoms with van der Waals surface area (Å²) in [6.45, 7) is 0. The van der Waals surface area contributed by atoms with E-state index in [4.69, 9.17) is 21.7 Å². The molecule has 1 fully saturated rings. The van der Waals surface area contributed by atoms with Gasteiger partial charge in [-0.15, -0.1) is 0 Å². The fraction of sp³-hybridized carbons (Fsp3) is 0.111. The zero-order chi connectivity index (χ0) is 18.0. The number of carbonyl (C=O) groups excluding carboxylic acids is 1. The molecular weight excluding hydrogens is 469 g/mol. The molecule has 1 heterocycles. The number of rotatable bonds is 4. The number of hydrogen-bond donors (Lipinski definition) is 0. The first-order valence-electron chi connectivity index (χ1n) is 7.29. The Kier molecular flexibility index (Phi) is 5.65. The van der Waals surface area contributed by atoms with Crippen molar-refractivity contribution in [1.82, 2.24) is 0 Å². The maximum atomic E-state index is 12.8. The van der Waals surface area contributed by atoms with E-state index in [1.165, 1.54) is 11.8 Å². The molecule has 1 aliphatic rings. The van der Waals surface area contributed by atoms with Crippen LogP contribution in [0, 0.1) is 3.57 Å². The van der Waals surface area contributed by atoms with Crippen LogP contribution in [0.15, 0.2) is 47.4 Å². The summed E-state index contributed by atoms with van der Waals surface area (Å²) in [5.41, 5.74) is 1.54. The minimum absolute atomic E-state index is 0.138. The molecule has 0 aliphatic carbocycles. The van der Waals surface area contributed by atoms with Crippen LogP contribution < -0.4 is 14.4 Å². The number of para-hydroxylation sites is 1. The summed E-state index contributed by atoms with van der Waals surface area (Å²) in [7, 11) is 3.17. The van der Waals surface area contributed by atoms with Crippen molar-refractivity contribution in [3.8, 4) is 11.5 Å². The smallest absolute Gasteiger partial charge is 0.270 e. The maximum absolute atomic E-state index is 12.8. The van der Waals surface area contributed by atoms with Crippen LogP contribution in [0.25, 0.3) is 6.08 Å². The van der Waals surface area contributed by atoms with Crippen molar-refractivity contribution in [2.75, 3.05) is 19.1 Å². The molecule has 0 N–H and O–H groups in total. The summed E-state index contributed by atoms with van der Waals surface area (Å²) in [6.07, 6.45) is 1.80. The van der Waals surface area contributed by atoms with Crippen molar-refractivity contribution in [3.63, 3.8) is 0 Å². The van der Waals surface area contributed by atoms with Crippen LogP contribution in [0.3, 0.4) is 0 Å². The zero-order valence-electron chi connectivity index (χ0n) is 13.5. The van der Waals surface area contributed by atoms with E-state index in [1.807, 2.05) is 42.5 Å². The molecule has 128 valence electrons. The molecule has 4 nitrogen and oxygen atoms in total. The first-order chi connectivity index (χ1) is 12.0. The Morgan fingerprint density at radius 3 is 2.52 bits per heavy atom. The molecule has 1 amide bonds. The van der Waals surface area contributed by atoms with Crippen molar-refractivity contribution in [3.05, 3.63) is 56.5 Å². The van der Waals surface area contributed by atoms with Gasteiger partial charge in [0.2, 0.25) is 0 Å². The molecule has 0 atom stereocenters. The third kappa shape index (κ3) is 3.68. The van der Waals surface area contributed by atoms with E-state index in [2.05, 4.69) is 22.6 Å². The van der Waals surface area contributed by atoms with Gasteiger partial charge in [-0.05, 0) is 52.9 Å². The number of methoxy groups -OCH3 is 2. The van der Waals surface area contributed by atoms with Gasteiger partial charge in [-0.1, -0.05) is 42.2 Å². The summed E-state index contributed by atoms with van der Waals surface area (Å²) >= 11 is 8.88. The number of halogens is 1. The van der Waals surface area contributed by atoms with Gasteiger partial charge in [0, 0.05) is 9.13 Å². The number of amides is 1. The highest BCUT2D eigenvalue weighted by atomic mass is 127. The number of ether oxygens (including phenoxy) is 2. The summed E-state index contributed by atoms with van der Waals surface area (Å²) < 4.78 is 12.3. The van der Waals surface area contributed by atoms with Gasteiger partial charge in [0.05, 0.1) is 24.8 Å². The first-order valence-corrected chi connectivity index (χ1v) is 9.60. The lowest BCUT2D eigenvalue weighted by atomic mass is 10.1. The molecule has 0 spiro atoms. The molecule has 1 saturated heterocycles. The molecule has 0 aromatic heterocycles. The second-order valence-corrected chi connectivity index (χ2v) is 8.00. The fourth-order valence-corrected chi connectivity index (χ4v) is 4.38. The Labute approximate surface area is 169 Å². The van der Waals surface area contributed by atoms with E-state index in [1.54, 1.807) is 25.2 Å². The van der Waals surface area contributed by atoms with E-state index in [-0.39, 0.29) is 5.91 Å². The monoisotopic (exact) mass is 483 g/mol. The predicted octanol–water partition coefficient (Wildman–Crippen LogP) is 4.71.